The van der Waals surface area contributed by atoms with Gasteiger partial charge in [0.05, 0.1) is 25.0 Å². The Kier molecular flexibility index (Phi) is 7.74. The first-order valence-electron chi connectivity index (χ1n) is 10.1. The lowest BCUT2D eigenvalue weighted by atomic mass is 10.3. The second-order valence-electron chi connectivity index (χ2n) is 7.01. The number of hydrogen-bond donors (Lipinski definition) is 1. The third kappa shape index (κ3) is 5.68. The number of benzene rings is 1. The van der Waals surface area contributed by atoms with E-state index in [1.54, 1.807) is 11.8 Å². The fourth-order valence-corrected chi connectivity index (χ4v) is 3.34. The molecule has 0 spiro atoms. The van der Waals surface area contributed by atoms with Crippen molar-refractivity contribution in [2.75, 3.05) is 58.4 Å². The van der Waals surface area contributed by atoms with Crippen LogP contribution in [0.15, 0.2) is 36.5 Å². The SMILES string of the molecule is CCOC(=O)c1cnn(-c2ccccc2)c1NC(=O)CN1CCN(C(=O)COC)CC1. The van der Waals surface area contributed by atoms with Gasteiger partial charge in [-0.15, -0.1) is 0 Å². The summed E-state index contributed by atoms with van der Waals surface area (Å²) in [4.78, 5) is 40.7. The predicted octanol–water partition coefficient (Wildman–Crippen LogP) is 0.778. The highest BCUT2D eigenvalue weighted by atomic mass is 16.5. The van der Waals surface area contributed by atoms with Crippen molar-refractivity contribution in [2.24, 2.45) is 0 Å². The van der Waals surface area contributed by atoms with Gasteiger partial charge in [-0.2, -0.15) is 5.10 Å². The molecule has 1 aliphatic heterocycles. The Morgan fingerprint density at radius 3 is 2.45 bits per heavy atom. The summed E-state index contributed by atoms with van der Waals surface area (Å²) in [5, 5.41) is 7.08. The van der Waals surface area contributed by atoms with E-state index in [0.717, 1.165) is 0 Å². The Hall–Kier alpha value is -3.24. The summed E-state index contributed by atoms with van der Waals surface area (Å²) in [6.45, 7) is 4.34. The third-order valence-corrected chi connectivity index (χ3v) is 4.88. The summed E-state index contributed by atoms with van der Waals surface area (Å²) in [5.74, 6) is -0.619. The largest absolute Gasteiger partial charge is 0.462 e. The summed E-state index contributed by atoms with van der Waals surface area (Å²) in [7, 11) is 1.49. The van der Waals surface area contributed by atoms with Crippen molar-refractivity contribution in [1.82, 2.24) is 19.6 Å². The van der Waals surface area contributed by atoms with Crippen molar-refractivity contribution >= 4 is 23.6 Å². The molecule has 1 aromatic heterocycles. The molecular formula is C21H27N5O5. The molecular weight excluding hydrogens is 402 g/mol. The van der Waals surface area contributed by atoms with E-state index in [4.69, 9.17) is 9.47 Å². The normalized spacial score (nSPS) is 14.3. The maximum atomic E-state index is 12.8. The molecule has 2 amide bonds. The highest BCUT2D eigenvalue weighted by Gasteiger charge is 2.25. The zero-order valence-corrected chi connectivity index (χ0v) is 17.7. The quantitative estimate of drug-likeness (QED) is 0.618. The number of piperazine rings is 1. The van der Waals surface area contributed by atoms with Gasteiger partial charge < -0.3 is 19.7 Å². The van der Waals surface area contributed by atoms with Crippen molar-refractivity contribution in [1.29, 1.82) is 0 Å². The van der Waals surface area contributed by atoms with Crippen LogP contribution in [0.5, 0.6) is 0 Å². The van der Waals surface area contributed by atoms with E-state index in [9.17, 15) is 14.4 Å². The molecule has 2 aromatic rings. The molecule has 0 atom stereocenters. The number of hydrogen-bond acceptors (Lipinski definition) is 7. The average Bonchev–Trinajstić information content (AvgIpc) is 3.18. The summed E-state index contributed by atoms with van der Waals surface area (Å²) < 4.78 is 11.5. The maximum Gasteiger partial charge on any atom is 0.343 e. The van der Waals surface area contributed by atoms with E-state index in [-0.39, 0.29) is 43.0 Å². The Morgan fingerprint density at radius 2 is 1.81 bits per heavy atom. The summed E-state index contributed by atoms with van der Waals surface area (Å²) in [6, 6.07) is 9.21. The minimum Gasteiger partial charge on any atom is -0.462 e. The van der Waals surface area contributed by atoms with Crippen LogP contribution in [0, 0.1) is 0 Å². The summed E-state index contributed by atoms with van der Waals surface area (Å²) >= 11 is 0. The fraction of sp³-hybridized carbons (Fsp3) is 0.429. The average molecular weight is 429 g/mol. The van der Waals surface area contributed by atoms with Gasteiger partial charge in [0.25, 0.3) is 0 Å². The zero-order chi connectivity index (χ0) is 22.2. The van der Waals surface area contributed by atoms with E-state index in [0.29, 0.717) is 31.9 Å². The van der Waals surface area contributed by atoms with Crippen molar-refractivity contribution in [3.63, 3.8) is 0 Å². The van der Waals surface area contributed by atoms with E-state index < -0.39 is 5.97 Å². The molecule has 1 aromatic carbocycles. The lowest BCUT2D eigenvalue weighted by molar-refractivity contribution is -0.137. The minimum absolute atomic E-state index is 0.0561. The predicted molar refractivity (Wildman–Crippen MR) is 113 cm³/mol. The van der Waals surface area contributed by atoms with Gasteiger partial charge in [0.15, 0.2) is 5.82 Å². The molecule has 0 saturated carbocycles. The number of carbonyl (C=O) groups is 3. The third-order valence-electron chi connectivity index (χ3n) is 4.88. The van der Waals surface area contributed by atoms with Crippen LogP contribution in [0.4, 0.5) is 5.82 Å². The van der Waals surface area contributed by atoms with Gasteiger partial charge in [-0.3, -0.25) is 14.5 Å². The molecule has 166 valence electrons. The highest BCUT2D eigenvalue weighted by Crippen LogP contribution is 2.21. The minimum atomic E-state index is -0.551. The number of aromatic nitrogens is 2. The number of amides is 2. The van der Waals surface area contributed by atoms with Crippen molar-refractivity contribution in [2.45, 2.75) is 6.92 Å². The molecule has 2 heterocycles. The monoisotopic (exact) mass is 429 g/mol. The van der Waals surface area contributed by atoms with Crippen LogP contribution >= 0.6 is 0 Å². The molecule has 0 bridgehead atoms. The first-order chi connectivity index (χ1) is 15.0. The second kappa shape index (κ2) is 10.7. The Labute approximate surface area is 180 Å². The first-order valence-corrected chi connectivity index (χ1v) is 10.1. The standard InChI is InChI=1S/C21H27N5O5/c1-3-31-21(29)17-13-22-26(16-7-5-4-6-8-16)20(17)23-18(27)14-24-9-11-25(12-10-24)19(28)15-30-2/h4-8,13H,3,9-12,14-15H2,1-2H3,(H,23,27). The van der Waals surface area contributed by atoms with Crippen LogP contribution in [0.1, 0.15) is 17.3 Å². The number of anilines is 1. The highest BCUT2D eigenvalue weighted by molar-refractivity contribution is 6.01. The van der Waals surface area contributed by atoms with Gasteiger partial charge in [0.1, 0.15) is 12.2 Å². The number of carbonyl (C=O) groups excluding carboxylic acids is 3. The lowest BCUT2D eigenvalue weighted by Crippen LogP contribution is -2.51. The van der Waals surface area contributed by atoms with Gasteiger partial charge >= 0.3 is 5.97 Å². The molecule has 1 saturated heterocycles. The van der Waals surface area contributed by atoms with Gasteiger partial charge in [0.2, 0.25) is 11.8 Å². The number of nitrogens with zero attached hydrogens (tertiary/aromatic N) is 4. The molecule has 0 radical (unpaired) electrons. The van der Waals surface area contributed by atoms with Crippen molar-refractivity contribution in [3.8, 4) is 5.69 Å². The maximum absolute atomic E-state index is 12.8. The first kappa shape index (κ1) is 22.4. The number of para-hydroxylation sites is 1. The fourth-order valence-electron chi connectivity index (χ4n) is 3.34. The van der Waals surface area contributed by atoms with Crippen LogP contribution in [0.3, 0.4) is 0 Å². The van der Waals surface area contributed by atoms with Gasteiger partial charge in [-0.1, -0.05) is 18.2 Å². The van der Waals surface area contributed by atoms with E-state index in [1.165, 1.54) is 18.0 Å². The van der Waals surface area contributed by atoms with Crippen LogP contribution in [0.2, 0.25) is 0 Å². The molecule has 31 heavy (non-hydrogen) atoms. The number of rotatable bonds is 8. The molecule has 1 fully saturated rings. The smallest absolute Gasteiger partial charge is 0.343 e. The zero-order valence-electron chi connectivity index (χ0n) is 17.7. The van der Waals surface area contributed by atoms with Crippen LogP contribution in [-0.2, 0) is 19.1 Å². The van der Waals surface area contributed by atoms with E-state index >= 15 is 0 Å². The molecule has 3 rings (SSSR count). The van der Waals surface area contributed by atoms with Crippen molar-refractivity contribution in [3.05, 3.63) is 42.1 Å². The summed E-state index contributed by atoms with van der Waals surface area (Å²) in [5.41, 5.74) is 0.896. The Morgan fingerprint density at radius 1 is 1.10 bits per heavy atom. The van der Waals surface area contributed by atoms with E-state index in [2.05, 4.69) is 10.4 Å². The topological polar surface area (TPSA) is 106 Å². The Balaban J connectivity index is 1.68. The van der Waals surface area contributed by atoms with Crippen LogP contribution in [0.25, 0.3) is 5.69 Å². The van der Waals surface area contributed by atoms with Crippen LogP contribution in [-0.4, -0.2) is 90.4 Å². The molecule has 10 nitrogen and oxygen atoms in total. The summed E-state index contributed by atoms with van der Waals surface area (Å²) in [6.07, 6.45) is 1.39. The van der Waals surface area contributed by atoms with Gasteiger partial charge in [-0.05, 0) is 19.1 Å². The number of ether oxygens (including phenoxy) is 2. The molecule has 0 unspecified atom stereocenters. The van der Waals surface area contributed by atoms with Crippen LogP contribution < -0.4 is 5.32 Å². The van der Waals surface area contributed by atoms with Gasteiger partial charge in [0, 0.05) is 33.3 Å². The molecule has 10 heteroatoms. The number of esters is 1. The molecule has 1 N–H and O–H groups in total. The van der Waals surface area contributed by atoms with E-state index in [1.807, 2.05) is 35.2 Å². The number of nitrogens with one attached hydrogen (secondary N) is 1. The lowest BCUT2D eigenvalue weighted by Gasteiger charge is -2.34. The van der Waals surface area contributed by atoms with Crippen molar-refractivity contribution < 1.29 is 23.9 Å². The number of methoxy groups -OCH3 is 1. The second-order valence-corrected chi connectivity index (χ2v) is 7.01. The molecule has 0 aliphatic carbocycles. The Bertz CT molecular complexity index is 906. The van der Waals surface area contributed by atoms with Gasteiger partial charge in [-0.25, -0.2) is 9.48 Å². The molecule has 1 aliphatic rings.